The maximum absolute atomic E-state index is 13.7. The second-order valence-corrected chi connectivity index (χ2v) is 4.13. The first-order valence-electron chi connectivity index (χ1n) is 5.66. The number of rotatable bonds is 3. The van der Waals surface area contributed by atoms with Gasteiger partial charge in [-0.1, -0.05) is 12.1 Å². The number of hydrogen-bond acceptors (Lipinski definition) is 2. The van der Waals surface area contributed by atoms with Gasteiger partial charge in [-0.15, -0.1) is 0 Å². The van der Waals surface area contributed by atoms with Crippen molar-refractivity contribution < 1.29 is 8.78 Å². The maximum Gasteiger partial charge on any atom is 0.146 e. The van der Waals surface area contributed by atoms with E-state index in [4.69, 9.17) is 0 Å². The van der Waals surface area contributed by atoms with Gasteiger partial charge in [-0.25, -0.2) is 8.78 Å². The molecule has 0 aliphatic heterocycles. The Morgan fingerprint density at radius 3 is 2.56 bits per heavy atom. The summed E-state index contributed by atoms with van der Waals surface area (Å²) >= 11 is 0. The van der Waals surface area contributed by atoms with Crippen molar-refractivity contribution in [1.82, 2.24) is 10.3 Å². The SMILES string of the molecule is CNC(c1ccc(C)c(F)c1)c1ccncc1F. The zero-order valence-electron chi connectivity index (χ0n) is 10.2. The molecule has 2 nitrogen and oxygen atoms in total. The van der Waals surface area contributed by atoms with Crippen LogP contribution < -0.4 is 5.32 Å². The van der Waals surface area contributed by atoms with Gasteiger partial charge in [0.05, 0.1) is 12.2 Å². The largest absolute Gasteiger partial charge is 0.309 e. The van der Waals surface area contributed by atoms with Crippen molar-refractivity contribution in [2.24, 2.45) is 0 Å². The van der Waals surface area contributed by atoms with Gasteiger partial charge in [0.25, 0.3) is 0 Å². The second kappa shape index (κ2) is 5.23. The van der Waals surface area contributed by atoms with Gasteiger partial charge < -0.3 is 5.32 Å². The van der Waals surface area contributed by atoms with Crippen LogP contribution in [0.2, 0.25) is 0 Å². The zero-order valence-corrected chi connectivity index (χ0v) is 10.2. The van der Waals surface area contributed by atoms with Crippen molar-refractivity contribution in [3.05, 3.63) is 65.0 Å². The normalized spacial score (nSPS) is 12.4. The Labute approximate surface area is 105 Å². The van der Waals surface area contributed by atoms with E-state index in [-0.39, 0.29) is 11.9 Å². The predicted molar refractivity (Wildman–Crippen MR) is 66.2 cm³/mol. The fraction of sp³-hybridized carbons (Fsp3) is 0.214. The van der Waals surface area contributed by atoms with E-state index in [9.17, 15) is 8.78 Å². The van der Waals surface area contributed by atoms with Crippen LogP contribution in [0.5, 0.6) is 0 Å². The topological polar surface area (TPSA) is 24.9 Å². The fourth-order valence-corrected chi connectivity index (χ4v) is 1.91. The van der Waals surface area contributed by atoms with Crippen molar-refractivity contribution in [2.45, 2.75) is 13.0 Å². The highest BCUT2D eigenvalue weighted by molar-refractivity contribution is 5.33. The monoisotopic (exact) mass is 248 g/mol. The number of halogens is 2. The van der Waals surface area contributed by atoms with E-state index in [0.29, 0.717) is 16.7 Å². The highest BCUT2D eigenvalue weighted by Gasteiger charge is 2.16. The Hall–Kier alpha value is -1.81. The summed E-state index contributed by atoms with van der Waals surface area (Å²) in [5, 5.41) is 2.99. The van der Waals surface area contributed by atoms with E-state index in [1.165, 1.54) is 12.3 Å². The second-order valence-electron chi connectivity index (χ2n) is 4.13. The average molecular weight is 248 g/mol. The lowest BCUT2D eigenvalue weighted by atomic mass is 9.98. The minimum Gasteiger partial charge on any atom is -0.309 e. The Balaban J connectivity index is 2.45. The molecule has 1 N–H and O–H groups in total. The fourth-order valence-electron chi connectivity index (χ4n) is 1.91. The molecule has 0 fully saturated rings. The number of benzene rings is 1. The molecule has 1 atom stereocenters. The maximum atomic E-state index is 13.7. The van der Waals surface area contributed by atoms with Gasteiger partial charge in [0, 0.05) is 11.8 Å². The first-order valence-corrected chi connectivity index (χ1v) is 5.66. The molecule has 0 radical (unpaired) electrons. The zero-order chi connectivity index (χ0) is 13.1. The molecule has 94 valence electrons. The number of hydrogen-bond donors (Lipinski definition) is 1. The molecule has 0 saturated carbocycles. The van der Waals surface area contributed by atoms with E-state index in [2.05, 4.69) is 10.3 Å². The molecule has 1 unspecified atom stereocenters. The first-order chi connectivity index (χ1) is 8.63. The summed E-state index contributed by atoms with van der Waals surface area (Å²) in [6.07, 6.45) is 2.68. The van der Waals surface area contributed by atoms with Gasteiger partial charge in [-0.05, 0) is 37.2 Å². The first kappa shape index (κ1) is 12.6. The molecule has 0 spiro atoms. The van der Waals surface area contributed by atoms with Crippen LogP contribution in [-0.2, 0) is 0 Å². The molecule has 0 aliphatic rings. The quantitative estimate of drug-likeness (QED) is 0.903. The predicted octanol–water partition coefficient (Wildman–Crippen LogP) is 2.98. The molecule has 2 rings (SSSR count). The lowest BCUT2D eigenvalue weighted by Crippen LogP contribution is -2.19. The Morgan fingerprint density at radius 2 is 1.94 bits per heavy atom. The van der Waals surface area contributed by atoms with Crippen molar-refractivity contribution in [1.29, 1.82) is 0 Å². The molecule has 1 heterocycles. The molecule has 1 aromatic carbocycles. The standard InChI is InChI=1S/C14H14F2N2/c1-9-3-4-10(7-12(9)15)14(17-2)11-5-6-18-8-13(11)16/h3-8,14,17H,1-2H3. The third kappa shape index (κ3) is 2.38. The Bertz CT molecular complexity index is 555. The molecule has 0 amide bonds. The average Bonchev–Trinajstić information content (AvgIpc) is 2.37. The van der Waals surface area contributed by atoms with Crippen LogP contribution in [0.3, 0.4) is 0 Å². The van der Waals surface area contributed by atoms with E-state index in [1.807, 2.05) is 0 Å². The smallest absolute Gasteiger partial charge is 0.146 e. The molecule has 18 heavy (non-hydrogen) atoms. The Kier molecular flexibility index (Phi) is 3.67. The van der Waals surface area contributed by atoms with Gasteiger partial charge in [-0.2, -0.15) is 0 Å². The summed E-state index contributed by atoms with van der Waals surface area (Å²) in [6.45, 7) is 1.69. The van der Waals surface area contributed by atoms with Gasteiger partial charge in [0.15, 0.2) is 0 Å². The third-order valence-corrected chi connectivity index (χ3v) is 2.93. The van der Waals surface area contributed by atoms with Gasteiger partial charge in [-0.3, -0.25) is 4.98 Å². The molecule has 0 bridgehead atoms. The Morgan fingerprint density at radius 1 is 1.17 bits per heavy atom. The van der Waals surface area contributed by atoms with Crippen LogP contribution in [0, 0.1) is 18.6 Å². The third-order valence-electron chi connectivity index (χ3n) is 2.93. The molecular weight excluding hydrogens is 234 g/mol. The summed E-state index contributed by atoms with van der Waals surface area (Å²) in [6, 6.07) is 6.11. The summed E-state index contributed by atoms with van der Waals surface area (Å²) in [7, 11) is 1.71. The van der Waals surface area contributed by atoms with Crippen LogP contribution in [0.25, 0.3) is 0 Å². The van der Waals surface area contributed by atoms with Crippen molar-refractivity contribution in [3.8, 4) is 0 Å². The lowest BCUT2D eigenvalue weighted by molar-refractivity contribution is 0.566. The van der Waals surface area contributed by atoms with Crippen molar-refractivity contribution in [3.63, 3.8) is 0 Å². The number of aromatic nitrogens is 1. The van der Waals surface area contributed by atoms with Gasteiger partial charge >= 0.3 is 0 Å². The number of aryl methyl sites for hydroxylation is 1. The van der Waals surface area contributed by atoms with Crippen LogP contribution in [-0.4, -0.2) is 12.0 Å². The summed E-state index contributed by atoms with van der Waals surface area (Å²) in [5.41, 5.74) is 1.71. The molecule has 2 aromatic rings. The van der Waals surface area contributed by atoms with Gasteiger partial charge in [0.1, 0.15) is 11.6 Å². The van der Waals surface area contributed by atoms with E-state index in [1.54, 1.807) is 32.2 Å². The van der Waals surface area contributed by atoms with Crippen molar-refractivity contribution >= 4 is 0 Å². The summed E-state index contributed by atoms with van der Waals surface area (Å²) in [4.78, 5) is 3.71. The minimum atomic E-state index is -0.405. The highest BCUT2D eigenvalue weighted by atomic mass is 19.1. The minimum absolute atomic E-state index is 0.290. The van der Waals surface area contributed by atoms with Crippen LogP contribution in [0.1, 0.15) is 22.7 Å². The van der Waals surface area contributed by atoms with E-state index < -0.39 is 5.82 Å². The highest BCUT2D eigenvalue weighted by Crippen LogP contribution is 2.24. The summed E-state index contributed by atoms with van der Waals surface area (Å²) in [5.74, 6) is -0.694. The number of nitrogens with zero attached hydrogens (tertiary/aromatic N) is 1. The number of pyridine rings is 1. The molecular formula is C14H14F2N2. The van der Waals surface area contributed by atoms with Crippen LogP contribution >= 0.6 is 0 Å². The molecule has 0 saturated heterocycles. The van der Waals surface area contributed by atoms with Crippen LogP contribution in [0.15, 0.2) is 36.7 Å². The van der Waals surface area contributed by atoms with Crippen molar-refractivity contribution in [2.75, 3.05) is 7.05 Å². The van der Waals surface area contributed by atoms with Crippen LogP contribution in [0.4, 0.5) is 8.78 Å². The number of nitrogens with one attached hydrogen (secondary N) is 1. The lowest BCUT2D eigenvalue weighted by Gasteiger charge is -2.18. The van der Waals surface area contributed by atoms with Gasteiger partial charge in [0.2, 0.25) is 0 Å². The molecule has 1 aromatic heterocycles. The van der Waals surface area contributed by atoms with E-state index >= 15 is 0 Å². The van der Waals surface area contributed by atoms with E-state index in [0.717, 1.165) is 6.20 Å². The summed E-state index contributed by atoms with van der Waals surface area (Å²) < 4.78 is 27.3. The molecule has 0 aliphatic carbocycles. The molecule has 4 heteroatoms.